The second-order valence-corrected chi connectivity index (χ2v) is 7.69. The molecule has 0 radical (unpaired) electrons. The maximum absolute atomic E-state index is 12.2. The van der Waals surface area contributed by atoms with E-state index in [2.05, 4.69) is 0 Å². The summed E-state index contributed by atoms with van der Waals surface area (Å²) in [4.78, 5) is 14.1. The maximum Gasteiger partial charge on any atom is 0.323 e. The monoisotopic (exact) mass is 343 g/mol. The second kappa shape index (κ2) is 6.88. The van der Waals surface area contributed by atoms with Crippen molar-refractivity contribution in [3.05, 3.63) is 0 Å². The van der Waals surface area contributed by atoms with Crippen LogP contribution in [0.15, 0.2) is 0 Å². The predicted molar refractivity (Wildman–Crippen MR) is 85.1 cm³/mol. The molecule has 3 fully saturated rings. The number of nitrogens with zero attached hydrogens (tertiary/aromatic N) is 1. The standard InChI is InChI=1S/C17H29NO6/c1-24-16(22)11-8-17(23)13(7-12(19)14(20)15(17)21)18(11)9-10-5-3-2-4-6-10/h10-15,19-21,23H,2-9H2,1H3/t11-,12+,13+,14-,15-,17-/m0/s1. The molecule has 1 heterocycles. The van der Waals surface area contributed by atoms with Crippen LogP contribution in [0.4, 0.5) is 0 Å². The van der Waals surface area contributed by atoms with Gasteiger partial charge in [-0.2, -0.15) is 0 Å². The number of hydrogen-bond acceptors (Lipinski definition) is 7. The molecule has 24 heavy (non-hydrogen) atoms. The minimum absolute atomic E-state index is 0.0159. The van der Waals surface area contributed by atoms with E-state index in [-0.39, 0.29) is 12.8 Å². The lowest BCUT2D eigenvalue weighted by Gasteiger charge is -2.46. The van der Waals surface area contributed by atoms with Gasteiger partial charge in [0.15, 0.2) is 0 Å². The second-order valence-electron chi connectivity index (χ2n) is 7.69. The van der Waals surface area contributed by atoms with Crippen molar-refractivity contribution >= 4 is 5.97 Å². The molecule has 0 aromatic rings. The molecule has 0 aromatic heterocycles. The van der Waals surface area contributed by atoms with Crippen molar-refractivity contribution in [3.8, 4) is 0 Å². The van der Waals surface area contributed by atoms with E-state index >= 15 is 0 Å². The van der Waals surface area contributed by atoms with Gasteiger partial charge >= 0.3 is 5.97 Å². The number of esters is 1. The molecule has 3 rings (SSSR count). The fraction of sp³-hybridized carbons (Fsp3) is 0.941. The molecule has 6 atom stereocenters. The Morgan fingerprint density at radius 2 is 1.88 bits per heavy atom. The Morgan fingerprint density at radius 3 is 2.50 bits per heavy atom. The zero-order chi connectivity index (χ0) is 17.5. The molecule has 0 spiro atoms. The minimum atomic E-state index is -1.60. The molecule has 2 aliphatic carbocycles. The number of aliphatic hydroxyl groups is 4. The van der Waals surface area contributed by atoms with Crippen LogP contribution in [0.3, 0.4) is 0 Å². The first kappa shape index (κ1) is 18.1. The largest absolute Gasteiger partial charge is 0.468 e. The molecule has 0 bridgehead atoms. The summed E-state index contributed by atoms with van der Waals surface area (Å²) in [6.45, 7) is 0.641. The number of aliphatic hydroxyl groups excluding tert-OH is 3. The van der Waals surface area contributed by atoms with Crippen LogP contribution in [0.5, 0.6) is 0 Å². The zero-order valence-electron chi connectivity index (χ0n) is 14.2. The Bertz CT molecular complexity index is 468. The van der Waals surface area contributed by atoms with Crippen molar-refractivity contribution in [2.45, 2.75) is 80.9 Å². The summed E-state index contributed by atoms with van der Waals surface area (Å²) in [5.41, 5.74) is -1.60. The van der Waals surface area contributed by atoms with E-state index in [1.807, 2.05) is 4.90 Å². The number of carbonyl (C=O) groups is 1. The third kappa shape index (κ3) is 2.97. The average molecular weight is 343 g/mol. The van der Waals surface area contributed by atoms with Gasteiger partial charge in [0.2, 0.25) is 0 Å². The molecule has 4 N–H and O–H groups in total. The van der Waals surface area contributed by atoms with Gasteiger partial charge in [-0.3, -0.25) is 9.69 Å². The van der Waals surface area contributed by atoms with Gasteiger partial charge in [0, 0.05) is 19.0 Å². The van der Waals surface area contributed by atoms with Crippen molar-refractivity contribution in [2.24, 2.45) is 5.92 Å². The fourth-order valence-electron chi connectivity index (χ4n) is 4.88. The predicted octanol–water partition coefficient (Wildman–Crippen LogP) is -0.600. The molecule has 0 aromatic carbocycles. The molecule has 138 valence electrons. The highest BCUT2D eigenvalue weighted by molar-refractivity contribution is 5.76. The first-order chi connectivity index (χ1) is 11.4. The van der Waals surface area contributed by atoms with Gasteiger partial charge in [-0.15, -0.1) is 0 Å². The molecule has 1 aliphatic heterocycles. The molecular formula is C17H29NO6. The van der Waals surface area contributed by atoms with Crippen molar-refractivity contribution in [1.82, 2.24) is 4.90 Å². The Morgan fingerprint density at radius 1 is 1.21 bits per heavy atom. The fourth-order valence-corrected chi connectivity index (χ4v) is 4.88. The van der Waals surface area contributed by atoms with E-state index < -0.39 is 42.0 Å². The van der Waals surface area contributed by atoms with E-state index in [9.17, 15) is 25.2 Å². The van der Waals surface area contributed by atoms with Crippen molar-refractivity contribution in [1.29, 1.82) is 0 Å². The number of methoxy groups -OCH3 is 1. The first-order valence-electron chi connectivity index (χ1n) is 8.98. The van der Waals surface area contributed by atoms with Crippen molar-refractivity contribution < 1.29 is 30.0 Å². The van der Waals surface area contributed by atoms with Crippen LogP contribution in [0.1, 0.15) is 44.9 Å². The molecule has 0 unspecified atom stereocenters. The van der Waals surface area contributed by atoms with Crippen LogP contribution in [-0.2, 0) is 9.53 Å². The highest BCUT2D eigenvalue weighted by Gasteiger charge is 2.62. The van der Waals surface area contributed by atoms with Crippen LogP contribution in [-0.4, -0.2) is 80.9 Å². The highest BCUT2D eigenvalue weighted by Crippen LogP contribution is 2.44. The number of rotatable bonds is 3. The van der Waals surface area contributed by atoms with E-state index in [1.165, 1.54) is 26.4 Å². The van der Waals surface area contributed by atoms with Crippen LogP contribution in [0, 0.1) is 5.92 Å². The van der Waals surface area contributed by atoms with Crippen molar-refractivity contribution in [3.63, 3.8) is 0 Å². The van der Waals surface area contributed by atoms with Gasteiger partial charge in [-0.1, -0.05) is 19.3 Å². The quantitative estimate of drug-likeness (QED) is 0.507. The summed E-state index contributed by atoms with van der Waals surface area (Å²) in [6.07, 6.45) is 1.89. The zero-order valence-corrected chi connectivity index (χ0v) is 14.2. The van der Waals surface area contributed by atoms with Gasteiger partial charge in [-0.25, -0.2) is 0 Å². The summed E-state index contributed by atoms with van der Waals surface area (Å²) in [7, 11) is 1.31. The van der Waals surface area contributed by atoms with E-state index in [0.29, 0.717) is 12.5 Å². The van der Waals surface area contributed by atoms with Gasteiger partial charge in [-0.05, 0) is 25.2 Å². The summed E-state index contributed by atoms with van der Waals surface area (Å²) < 4.78 is 4.90. The third-order valence-corrected chi connectivity index (χ3v) is 6.26. The smallest absolute Gasteiger partial charge is 0.323 e. The number of hydrogen-bond donors (Lipinski definition) is 4. The minimum Gasteiger partial charge on any atom is -0.468 e. The van der Waals surface area contributed by atoms with E-state index in [1.54, 1.807) is 0 Å². The van der Waals surface area contributed by atoms with Crippen molar-refractivity contribution in [2.75, 3.05) is 13.7 Å². The average Bonchev–Trinajstić information content (AvgIpc) is 2.87. The summed E-state index contributed by atoms with van der Waals surface area (Å²) >= 11 is 0. The molecule has 3 aliphatic rings. The van der Waals surface area contributed by atoms with Gasteiger partial charge in [0.1, 0.15) is 23.9 Å². The topological polar surface area (TPSA) is 110 Å². The Hall–Kier alpha value is -0.730. The molecular weight excluding hydrogens is 314 g/mol. The van der Waals surface area contributed by atoms with Gasteiger partial charge < -0.3 is 25.2 Å². The Balaban J connectivity index is 1.85. The maximum atomic E-state index is 12.2. The van der Waals surface area contributed by atoms with Crippen LogP contribution < -0.4 is 0 Å². The molecule has 7 nitrogen and oxygen atoms in total. The molecule has 7 heteroatoms. The van der Waals surface area contributed by atoms with Crippen LogP contribution >= 0.6 is 0 Å². The summed E-state index contributed by atoms with van der Waals surface area (Å²) in [5, 5.41) is 41.4. The summed E-state index contributed by atoms with van der Waals surface area (Å²) in [6, 6.07) is -1.21. The molecule has 2 saturated carbocycles. The number of fused-ring (bicyclic) bond motifs is 1. The normalized spacial score (nSPS) is 44.3. The molecule has 0 amide bonds. The number of likely N-dealkylation sites (tertiary alicyclic amines) is 1. The van der Waals surface area contributed by atoms with Gasteiger partial charge in [0.05, 0.1) is 13.2 Å². The lowest BCUT2D eigenvalue weighted by Crippen LogP contribution is -2.65. The summed E-state index contributed by atoms with van der Waals surface area (Å²) in [5.74, 6) is -0.000735. The number of carbonyl (C=O) groups excluding carboxylic acids is 1. The lowest BCUT2D eigenvalue weighted by molar-refractivity contribution is -0.197. The lowest BCUT2D eigenvalue weighted by atomic mass is 9.75. The van der Waals surface area contributed by atoms with Gasteiger partial charge in [0.25, 0.3) is 0 Å². The van der Waals surface area contributed by atoms with Crippen LogP contribution in [0.25, 0.3) is 0 Å². The number of ether oxygens (including phenoxy) is 1. The third-order valence-electron chi connectivity index (χ3n) is 6.26. The van der Waals surface area contributed by atoms with E-state index in [0.717, 1.165) is 12.8 Å². The highest BCUT2D eigenvalue weighted by atomic mass is 16.5. The SMILES string of the molecule is COC(=O)[C@@H]1C[C@@]2(O)[C@@H](O)[C@@H](O)[C@H](O)C[C@H]2N1CC1CCCCC1. The Kier molecular flexibility index (Phi) is 5.18. The van der Waals surface area contributed by atoms with Crippen LogP contribution in [0.2, 0.25) is 0 Å². The first-order valence-corrected chi connectivity index (χ1v) is 8.98. The van der Waals surface area contributed by atoms with E-state index in [4.69, 9.17) is 4.74 Å². The Labute approximate surface area is 142 Å². The molecule has 1 saturated heterocycles.